The summed E-state index contributed by atoms with van der Waals surface area (Å²) in [6.07, 6.45) is -10.4. The topological polar surface area (TPSA) is 20.2 Å². The second kappa shape index (κ2) is 7.82. The molecule has 1 N–H and O–H groups in total. The first-order valence-corrected chi connectivity index (χ1v) is 7.91. The van der Waals surface area contributed by atoms with Gasteiger partial charge in [0.1, 0.15) is 0 Å². The van der Waals surface area contributed by atoms with Gasteiger partial charge in [-0.2, -0.15) is 74.6 Å². The number of aliphatic hydroxyl groups excluding tert-OH is 1. The Balaban J connectivity index is 6.62. The molecule has 0 aromatic carbocycles. The van der Waals surface area contributed by atoms with Gasteiger partial charge in [0.2, 0.25) is 0 Å². The Bertz CT molecular complexity index is 609. The van der Waals surface area contributed by atoms with Crippen LogP contribution in [0, 0.1) is 0 Å². The molecule has 1 nitrogen and oxygen atoms in total. The van der Waals surface area contributed by atoms with E-state index in [9.17, 15) is 74.6 Å². The highest BCUT2D eigenvalue weighted by atomic mass is 127. The van der Waals surface area contributed by atoms with Crippen LogP contribution in [0.5, 0.6) is 0 Å². The van der Waals surface area contributed by atoms with Gasteiger partial charge in [0.05, 0.1) is 6.61 Å². The number of hydrogen-bond donors (Lipinski definition) is 1. The van der Waals surface area contributed by atoms with Gasteiger partial charge in [-0.05, 0) is 0 Å². The molecule has 0 aliphatic carbocycles. The van der Waals surface area contributed by atoms with Gasteiger partial charge in [-0.25, -0.2) is 0 Å². The van der Waals surface area contributed by atoms with E-state index >= 15 is 0 Å². The average Bonchev–Trinajstić information content (AvgIpc) is 2.51. The van der Waals surface area contributed by atoms with Gasteiger partial charge in [0, 0.05) is 10.3 Å². The molecule has 182 valence electrons. The zero-order valence-corrected chi connectivity index (χ0v) is 15.4. The molecule has 1 unspecified atom stereocenters. The lowest BCUT2D eigenvalue weighted by molar-refractivity contribution is -0.461. The third-order valence-corrected chi connectivity index (χ3v) is 4.30. The van der Waals surface area contributed by atoms with Crippen LogP contribution in [0.2, 0.25) is 0 Å². The first kappa shape index (κ1) is 29.5. The van der Waals surface area contributed by atoms with Crippen molar-refractivity contribution >= 4 is 22.6 Å². The molecule has 19 heteroatoms. The molecule has 0 spiro atoms. The molecule has 0 heterocycles. The molecule has 0 aliphatic heterocycles. The fourth-order valence-electron chi connectivity index (χ4n) is 1.67. The SMILES string of the molecule is OCC(I)CC(F)(F)C(F)(F)C(F)(F)C(F)(F)C(F)(F)C(F)(F)C(F)(F)C(F)(F)F. The Morgan fingerprint density at radius 3 is 1.03 bits per heavy atom. The highest BCUT2D eigenvalue weighted by Gasteiger charge is 2.95. The predicted octanol–water partition coefficient (Wildman–Crippen LogP) is 6.18. The van der Waals surface area contributed by atoms with Crippen molar-refractivity contribution in [1.29, 1.82) is 0 Å². The number of hydrogen-bond acceptors (Lipinski definition) is 1. The summed E-state index contributed by atoms with van der Waals surface area (Å²) >= 11 is 0.680. The molecule has 0 bridgehead atoms. The standard InChI is InChI=1S/C11H6F17IO/c12-4(13,1-3(29)2-30)5(14,15)6(16,17)7(18,19)8(20,21)9(22,23)10(24,25)11(26,27)28/h3,30H,1-2H2. The summed E-state index contributed by atoms with van der Waals surface area (Å²) in [5.41, 5.74) is 0. The van der Waals surface area contributed by atoms with Gasteiger partial charge in [-0.1, -0.05) is 22.6 Å². The molecular formula is C11H6F17IO. The van der Waals surface area contributed by atoms with Crippen LogP contribution in [0.4, 0.5) is 74.6 Å². The van der Waals surface area contributed by atoms with Crippen LogP contribution >= 0.6 is 22.6 Å². The number of rotatable bonds is 9. The summed E-state index contributed by atoms with van der Waals surface area (Å²) in [6, 6.07) is 0. The van der Waals surface area contributed by atoms with Crippen LogP contribution in [0.15, 0.2) is 0 Å². The van der Waals surface area contributed by atoms with E-state index in [0.717, 1.165) is 0 Å². The molecule has 0 aromatic rings. The molecule has 0 aromatic heterocycles. The van der Waals surface area contributed by atoms with E-state index in [2.05, 4.69) is 0 Å². The Kier molecular flexibility index (Phi) is 7.69. The Labute approximate surface area is 167 Å². The lowest BCUT2D eigenvalue weighted by Gasteiger charge is -2.43. The van der Waals surface area contributed by atoms with Gasteiger partial charge < -0.3 is 5.11 Å². The van der Waals surface area contributed by atoms with Crippen molar-refractivity contribution in [2.45, 2.75) is 58.0 Å². The van der Waals surface area contributed by atoms with E-state index in [1.54, 1.807) is 0 Å². The zero-order valence-electron chi connectivity index (χ0n) is 13.2. The maximum Gasteiger partial charge on any atom is 0.460 e. The fraction of sp³-hybridized carbons (Fsp3) is 1.00. The number of alkyl halides is 18. The second-order valence-electron chi connectivity index (χ2n) is 5.63. The molecule has 30 heavy (non-hydrogen) atoms. The van der Waals surface area contributed by atoms with Gasteiger partial charge in [-0.15, -0.1) is 0 Å². The molecule has 0 aliphatic rings. The Morgan fingerprint density at radius 2 is 0.767 bits per heavy atom. The van der Waals surface area contributed by atoms with Crippen molar-refractivity contribution in [3.63, 3.8) is 0 Å². The zero-order chi connectivity index (χ0) is 25.0. The molecule has 0 rings (SSSR count). The average molecular weight is 604 g/mol. The molecular weight excluding hydrogens is 598 g/mol. The van der Waals surface area contributed by atoms with E-state index in [1.807, 2.05) is 0 Å². The fourth-order valence-corrected chi connectivity index (χ4v) is 2.22. The van der Waals surface area contributed by atoms with Crippen molar-refractivity contribution in [2.75, 3.05) is 6.61 Å². The second-order valence-corrected chi connectivity index (χ2v) is 7.39. The minimum Gasteiger partial charge on any atom is -0.395 e. The normalized spacial score (nSPS) is 17.3. The summed E-state index contributed by atoms with van der Waals surface area (Å²) in [5.74, 6) is -56.3. The van der Waals surface area contributed by atoms with Gasteiger partial charge in [0.25, 0.3) is 0 Å². The van der Waals surface area contributed by atoms with Gasteiger partial charge in [0.15, 0.2) is 0 Å². The third-order valence-electron chi connectivity index (χ3n) is 3.46. The van der Waals surface area contributed by atoms with Crippen LogP contribution in [0.3, 0.4) is 0 Å². The van der Waals surface area contributed by atoms with E-state index in [0.29, 0.717) is 22.6 Å². The third kappa shape index (κ3) is 4.00. The van der Waals surface area contributed by atoms with Gasteiger partial charge in [-0.3, -0.25) is 0 Å². The predicted molar refractivity (Wildman–Crippen MR) is 70.2 cm³/mol. The van der Waals surface area contributed by atoms with E-state index in [1.165, 1.54) is 0 Å². The van der Waals surface area contributed by atoms with Crippen LogP contribution in [-0.4, -0.2) is 63.3 Å². The maximum atomic E-state index is 13.4. The minimum atomic E-state index is -8.62. The lowest BCUT2D eigenvalue weighted by Crippen LogP contribution is -2.74. The van der Waals surface area contributed by atoms with Crippen LogP contribution in [0.25, 0.3) is 0 Å². The number of aliphatic hydroxyl groups is 1. The smallest absolute Gasteiger partial charge is 0.395 e. The van der Waals surface area contributed by atoms with Crippen molar-refractivity contribution < 1.29 is 79.7 Å². The first-order chi connectivity index (χ1) is 12.7. The molecule has 1 atom stereocenters. The monoisotopic (exact) mass is 604 g/mol. The van der Waals surface area contributed by atoms with Crippen molar-refractivity contribution in [3.05, 3.63) is 0 Å². The summed E-state index contributed by atoms with van der Waals surface area (Å²) in [5, 5.41) is 8.40. The number of halogens is 18. The Hall–Kier alpha value is -0.500. The molecule has 0 radical (unpaired) electrons. The van der Waals surface area contributed by atoms with E-state index in [4.69, 9.17) is 5.11 Å². The minimum absolute atomic E-state index is 0.680. The highest BCUT2D eigenvalue weighted by molar-refractivity contribution is 14.1. The van der Waals surface area contributed by atoms with E-state index < -0.39 is 64.6 Å². The quantitative estimate of drug-likeness (QED) is 0.190. The highest BCUT2D eigenvalue weighted by Crippen LogP contribution is 2.64. The molecule has 0 amide bonds. The summed E-state index contributed by atoms with van der Waals surface area (Å²) in [7, 11) is 0. The van der Waals surface area contributed by atoms with Crippen LogP contribution < -0.4 is 0 Å². The van der Waals surface area contributed by atoms with Gasteiger partial charge >= 0.3 is 47.6 Å². The summed E-state index contributed by atoms with van der Waals surface area (Å²) in [4.78, 5) is 0. The lowest BCUT2D eigenvalue weighted by atomic mass is 9.88. The molecule has 0 saturated heterocycles. The van der Waals surface area contributed by atoms with Crippen LogP contribution in [0.1, 0.15) is 6.42 Å². The summed E-state index contributed by atoms with van der Waals surface area (Å²) in [6.45, 7) is -1.49. The van der Waals surface area contributed by atoms with Crippen molar-refractivity contribution in [1.82, 2.24) is 0 Å². The van der Waals surface area contributed by atoms with E-state index in [-0.39, 0.29) is 0 Å². The maximum absolute atomic E-state index is 13.4. The van der Waals surface area contributed by atoms with Crippen molar-refractivity contribution in [3.8, 4) is 0 Å². The first-order valence-electron chi connectivity index (χ1n) is 6.67. The molecule has 0 saturated carbocycles. The largest absolute Gasteiger partial charge is 0.460 e. The molecule has 0 fully saturated rings. The Morgan fingerprint density at radius 1 is 0.500 bits per heavy atom. The summed E-state index contributed by atoms with van der Waals surface area (Å²) < 4.78 is 218. The van der Waals surface area contributed by atoms with Crippen molar-refractivity contribution in [2.24, 2.45) is 0 Å². The van der Waals surface area contributed by atoms with Crippen LogP contribution in [-0.2, 0) is 0 Å².